The number of piperidine rings is 1. The summed E-state index contributed by atoms with van der Waals surface area (Å²) in [5, 5.41) is 11.0. The molecule has 2 aliphatic rings. The molecule has 4 heteroatoms. The first-order chi connectivity index (χ1) is 11.7. The second kappa shape index (κ2) is 6.69. The van der Waals surface area contributed by atoms with Crippen LogP contribution in [0, 0.1) is 5.92 Å². The minimum absolute atomic E-state index is 0.593. The van der Waals surface area contributed by atoms with Gasteiger partial charge in [0, 0.05) is 32.0 Å². The van der Waals surface area contributed by atoms with Crippen LogP contribution in [0.5, 0.6) is 0 Å². The number of fused-ring (bicyclic) bond motifs is 1. The fourth-order valence-corrected chi connectivity index (χ4v) is 4.17. The summed E-state index contributed by atoms with van der Waals surface area (Å²) in [6.07, 6.45) is 14.0. The van der Waals surface area contributed by atoms with Crippen molar-refractivity contribution in [3.63, 3.8) is 0 Å². The van der Waals surface area contributed by atoms with Crippen LogP contribution in [0.1, 0.15) is 32.1 Å². The van der Waals surface area contributed by atoms with Crippen LogP contribution >= 0.6 is 0 Å². The van der Waals surface area contributed by atoms with Gasteiger partial charge in [0.2, 0.25) is 0 Å². The Kier molecular flexibility index (Phi) is 4.42. The van der Waals surface area contributed by atoms with Gasteiger partial charge in [-0.3, -0.25) is 4.98 Å². The van der Waals surface area contributed by atoms with Crippen molar-refractivity contribution in [3.8, 4) is 0 Å². The average Bonchev–Trinajstić information content (AvgIpc) is 3.01. The predicted octanol–water partition coefficient (Wildman–Crippen LogP) is 3.22. The number of aliphatic hydroxyl groups is 1. The van der Waals surface area contributed by atoms with E-state index in [4.69, 9.17) is 0 Å². The zero-order chi connectivity index (χ0) is 16.4. The van der Waals surface area contributed by atoms with Crippen LogP contribution in [0.4, 0.5) is 0 Å². The van der Waals surface area contributed by atoms with Crippen LogP contribution in [0.3, 0.4) is 0 Å². The number of hydrogen-bond donors (Lipinski definition) is 1. The number of hydrogen-bond acceptors (Lipinski definition) is 3. The van der Waals surface area contributed by atoms with Gasteiger partial charge in [-0.2, -0.15) is 0 Å². The third kappa shape index (κ3) is 3.40. The lowest BCUT2D eigenvalue weighted by Crippen LogP contribution is -2.47. The molecule has 0 unspecified atom stereocenters. The van der Waals surface area contributed by atoms with E-state index >= 15 is 0 Å². The Morgan fingerprint density at radius 3 is 2.88 bits per heavy atom. The number of nitrogens with zero attached hydrogens (tertiary/aromatic N) is 3. The molecule has 1 atom stereocenters. The van der Waals surface area contributed by atoms with Crippen molar-refractivity contribution < 1.29 is 5.11 Å². The minimum atomic E-state index is -0.593. The SMILES string of the molecule is OC1(Cn2ccc3ncccc32)CCN(C[C@@H]2CC=CCC2)CC1. The van der Waals surface area contributed by atoms with E-state index in [9.17, 15) is 5.11 Å². The number of allylic oxidation sites excluding steroid dienone is 2. The molecule has 1 aliphatic carbocycles. The number of aromatic nitrogens is 2. The summed E-state index contributed by atoms with van der Waals surface area (Å²) in [7, 11) is 0. The topological polar surface area (TPSA) is 41.3 Å². The summed E-state index contributed by atoms with van der Waals surface area (Å²) in [5.41, 5.74) is 1.52. The lowest BCUT2D eigenvalue weighted by molar-refractivity contribution is -0.0360. The molecule has 0 aromatic carbocycles. The van der Waals surface area contributed by atoms with Gasteiger partial charge in [0.25, 0.3) is 0 Å². The lowest BCUT2D eigenvalue weighted by atomic mass is 9.89. The summed E-state index contributed by atoms with van der Waals surface area (Å²) < 4.78 is 2.16. The van der Waals surface area contributed by atoms with Gasteiger partial charge in [-0.15, -0.1) is 0 Å². The molecule has 3 heterocycles. The van der Waals surface area contributed by atoms with Gasteiger partial charge < -0.3 is 14.6 Å². The maximum absolute atomic E-state index is 11.0. The molecular weight excluding hydrogens is 298 g/mol. The van der Waals surface area contributed by atoms with Gasteiger partial charge in [0.05, 0.1) is 23.2 Å². The maximum atomic E-state index is 11.0. The highest BCUT2D eigenvalue weighted by Gasteiger charge is 2.33. The van der Waals surface area contributed by atoms with Gasteiger partial charge in [-0.25, -0.2) is 0 Å². The molecule has 1 N–H and O–H groups in total. The number of likely N-dealkylation sites (tertiary alicyclic amines) is 1. The van der Waals surface area contributed by atoms with Gasteiger partial charge in [0.1, 0.15) is 0 Å². The normalized spacial score (nSPS) is 24.5. The molecule has 0 radical (unpaired) electrons. The molecule has 0 amide bonds. The highest BCUT2D eigenvalue weighted by Crippen LogP contribution is 2.28. The van der Waals surface area contributed by atoms with Gasteiger partial charge in [0.15, 0.2) is 0 Å². The summed E-state index contributed by atoms with van der Waals surface area (Å²) in [6.45, 7) is 3.88. The number of rotatable bonds is 4. The third-order valence-electron chi connectivity index (χ3n) is 5.68. The van der Waals surface area contributed by atoms with Crippen molar-refractivity contribution in [2.45, 2.75) is 44.2 Å². The molecule has 0 spiro atoms. The van der Waals surface area contributed by atoms with Gasteiger partial charge in [-0.1, -0.05) is 12.2 Å². The molecule has 128 valence electrons. The summed E-state index contributed by atoms with van der Waals surface area (Å²) >= 11 is 0. The van der Waals surface area contributed by atoms with Crippen molar-refractivity contribution in [1.29, 1.82) is 0 Å². The average molecular weight is 325 g/mol. The number of pyridine rings is 1. The van der Waals surface area contributed by atoms with Crippen LogP contribution < -0.4 is 0 Å². The maximum Gasteiger partial charge on any atom is 0.0880 e. The first kappa shape index (κ1) is 15.9. The van der Waals surface area contributed by atoms with Crippen molar-refractivity contribution in [2.24, 2.45) is 5.92 Å². The highest BCUT2D eigenvalue weighted by molar-refractivity contribution is 5.75. The van der Waals surface area contributed by atoms with Crippen LogP contribution in [0.25, 0.3) is 11.0 Å². The van der Waals surface area contributed by atoms with Gasteiger partial charge in [-0.05, 0) is 56.2 Å². The molecule has 1 fully saturated rings. The van der Waals surface area contributed by atoms with E-state index in [2.05, 4.69) is 38.9 Å². The minimum Gasteiger partial charge on any atom is -0.388 e. The second-order valence-corrected chi connectivity index (χ2v) is 7.53. The van der Waals surface area contributed by atoms with Crippen LogP contribution in [0.2, 0.25) is 0 Å². The van der Waals surface area contributed by atoms with Crippen molar-refractivity contribution in [1.82, 2.24) is 14.5 Å². The van der Waals surface area contributed by atoms with Crippen molar-refractivity contribution in [3.05, 3.63) is 42.7 Å². The zero-order valence-corrected chi connectivity index (χ0v) is 14.3. The Morgan fingerprint density at radius 2 is 2.08 bits per heavy atom. The molecule has 4 nitrogen and oxygen atoms in total. The highest BCUT2D eigenvalue weighted by atomic mass is 16.3. The van der Waals surface area contributed by atoms with Crippen LogP contribution in [-0.2, 0) is 6.54 Å². The third-order valence-corrected chi connectivity index (χ3v) is 5.68. The quantitative estimate of drug-likeness (QED) is 0.878. The van der Waals surface area contributed by atoms with E-state index in [1.54, 1.807) is 0 Å². The van der Waals surface area contributed by atoms with E-state index in [1.165, 1.54) is 25.8 Å². The van der Waals surface area contributed by atoms with E-state index in [1.807, 2.05) is 18.3 Å². The molecule has 2 aromatic heterocycles. The summed E-state index contributed by atoms with van der Waals surface area (Å²) in [5.74, 6) is 0.806. The van der Waals surface area contributed by atoms with Gasteiger partial charge >= 0.3 is 0 Å². The Bertz CT molecular complexity index is 712. The lowest BCUT2D eigenvalue weighted by Gasteiger charge is -2.40. The Hall–Kier alpha value is -1.65. The predicted molar refractivity (Wildman–Crippen MR) is 96.8 cm³/mol. The Morgan fingerprint density at radius 1 is 1.21 bits per heavy atom. The molecule has 2 aromatic rings. The fraction of sp³-hybridized carbons (Fsp3) is 0.550. The first-order valence-corrected chi connectivity index (χ1v) is 9.21. The van der Waals surface area contributed by atoms with E-state index in [-0.39, 0.29) is 0 Å². The fourth-order valence-electron chi connectivity index (χ4n) is 4.17. The molecule has 1 aliphatic heterocycles. The Labute approximate surface area is 143 Å². The van der Waals surface area contributed by atoms with Crippen LogP contribution in [-0.4, -0.2) is 44.8 Å². The van der Waals surface area contributed by atoms with Crippen molar-refractivity contribution in [2.75, 3.05) is 19.6 Å². The second-order valence-electron chi connectivity index (χ2n) is 7.53. The zero-order valence-electron chi connectivity index (χ0n) is 14.3. The van der Waals surface area contributed by atoms with Crippen molar-refractivity contribution >= 4 is 11.0 Å². The van der Waals surface area contributed by atoms with E-state index in [0.29, 0.717) is 6.54 Å². The molecule has 0 bridgehead atoms. The molecule has 0 saturated carbocycles. The molecular formula is C20H27N3O. The summed E-state index contributed by atoms with van der Waals surface area (Å²) in [4.78, 5) is 6.93. The first-order valence-electron chi connectivity index (χ1n) is 9.21. The monoisotopic (exact) mass is 325 g/mol. The van der Waals surface area contributed by atoms with E-state index < -0.39 is 5.60 Å². The summed E-state index contributed by atoms with van der Waals surface area (Å²) in [6, 6.07) is 6.08. The molecule has 24 heavy (non-hydrogen) atoms. The Balaban J connectivity index is 1.36. The largest absolute Gasteiger partial charge is 0.388 e. The standard InChI is InChI=1S/C20H27N3O/c24-20(16-23-12-8-18-19(23)7-4-11-21-18)9-13-22(14-10-20)15-17-5-2-1-3-6-17/h1-2,4,7-8,11-12,17,24H,3,5-6,9-10,13-16H2/t17-/m1/s1. The molecule has 1 saturated heterocycles. The van der Waals surface area contributed by atoms with E-state index in [0.717, 1.165) is 42.9 Å². The van der Waals surface area contributed by atoms with Crippen LogP contribution in [0.15, 0.2) is 42.7 Å². The smallest absolute Gasteiger partial charge is 0.0880 e. The molecule has 4 rings (SSSR count).